The molecule has 0 atom stereocenters. The molecule has 0 unspecified atom stereocenters. The van der Waals surface area contributed by atoms with Crippen molar-refractivity contribution in [3.05, 3.63) is 60.2 Å². The highest BCUT2D eigenvalue weighted by Crippen LogP contribution is 2.30. The van der Waals surface area contributed by atoms with Crippen molar-refractivity contribution in [3.8, 4) is 0 Å². The van der Waals surface area contributed by atoms with Gasteiger partial charge in [0.15, 0.2) is 0 Å². The van der Waals surface area contributed by atoms with E-state index in [0.29, 0.717) is 48.6 Å². The molecule has 2 fully saturated rings. The summed E-state index contributed by atoms with van der Waals surface area (Å²) in [7, 11) is -3.46. The van der Waals surface area contributed by atoms with Crippen LogP contribution in [-0.4, -0.2) is 44.2 Å². The Bertz CT molecular complexity index is 1030. The lowest BCUT2D eigenvalue weighted by Crippen LogP contribution is -2.41. The SMILES string of the molecule is O=C(NCC1CCN(S(=O)(=O)c2ccccc2)CC1)c1ccc(NC(=O)C2CC2)cc1. The average molecular weight is 442 g/mol. The molecular formula is C23H27N3O4S. The van der Waals surface area contributed by atoms with Gasteiger partial charge in [-0.05, 0) is 68.0 Å². The molecule has 2 aliphatic rings. The molecule has 2 aromatic rings. The zero-order valence-electron chi connectivity index (χ0n) is 17.3. The molecule has 0 spiro atoms. The summed E-state index contributed by atoms with van der Waals surface area (Å²) in [6.07, 6.45) is 3.31. The van der Waals surface area contributed by atoms with Crippen LogP contribution >= 0.6 is 0 Å². The van der Waals surface area contributed by atoms with E-state index >= 15 is 0 Å². The van der Waals surface area contributed by atoms with E-state index < -0.39 is 10.0 Å². The van der Waals surface area contributed by atoms with E-state index in [1.807, 2.05) is 0 Å². The van der Waals surface area contributed by atoms with Gasteiger partial charge in [-0.25, -0.2) is 8.42 Å². The Morgan fingerprint density at radius 3 is 2.16 bits per heavy atom. The van der Waals surface area contributed by atoms with Crippen LogP contribution in [0.4, 0.5) is 5.69 Å². The lowest BCUT2D eigenvalue weighted by Gasteiger charge is -2.31. The summed E-state index contributed by atoms with van der Waals surface area (Å²) in [5.74, 6) is 0.248. The number of piperidine rings is 1. The highest BCUT2D eigenvalue weighted by molar-refractivity contribution is 7.89. The standard InChI is InChI=1S/C23H27N3O4S/c27-22(18-8-10-20(11-9-18)25-23(28)19-6-7-19)24-16-17-12-14-26(15-13-17)31(29,30)21-4-2-1-3-5-21/h1-5,8-11,17,19H,6-7,12-16H2,(H,24,27)(H,25,28). The van der Waals surface area contributed by atoms with Crippen LogP contribution in [0, 0.1) is 11.8 Å². The Kier molecular flexibility index (Phi) is 6.38. The van der Waals surface area contributed by atoms with E-state index in [4.69, 9.17) is 0 Å². The molecule has 1 aliphatic heterocycles. The minimum atomic E-state index is -3.46. The van der Waals surface area contributed by atoms with Gasteiger partial charge < -0.3 is 10.6 Å². The second-order valence-electron chi connectivity index (χ2n) is 8.21. The maximum Gasteiger partial charge on any atom is 0.251 e. The number of benzene rings is 2. The highest BCUT2D eigenvalue weighted by Gasteiger charge is 2.30. The van der Waals surface area contributed by atoms with Gasteiger partial charge in [0.1, 0.15) is 0 Å². The van der Waals surface area contributed by atoms with Crippen LogP contribution < -0.4 is 10.6 Å². The predicted molar refractivity (Wildman–Crippen MR) is 118 cm³/mol. The van der Waals surface area contributed by atoms with Crippen molar-refractivity contribution in [2.24, 2.45) is 11.8 Å². The topological polar surface area (TPSA) is 95.6 Å². The maximum atomic E-state index is 12.7. The van der Waals surface area contributed by atoms with Gasteiger partial charge in [0.2, 0.25) is 15.9 Å². The lowest BCUT2D eigenvalue weighted by molar-refractivity contribution is -0.117. The Morgan fingerprint density at radius 1 is 0.903 bits per heavy atom. The average Bonchev–Trinajstić information content (AvgIpc) is 3.64. The number of carbonyl (C=O) groups excluding carboxylic acids is 2. The second kappa shape index (κ2) is 9.20. The number of carbonyl (C=O) groups is 2. The Morgan fingerprint density at radius 2 is 1.55 bits per heavy atom. The summed E-state index contributed by atoms with van der Waals surface area (Å²) in [4.78, 5) is 24.6. The molecule has 164 valence electrons. The number of nitrogens with one attached hydrogen (secondary N) is 2. The first-order valence-corrected chi connectivity index (χ1v) is 12.1. The van der Waals surface area contributed by atoms with Crippen LogP contribution in [0.1, 0.15) is 36.0 Å². The van der Waals surface area contributed by atoms with Crippen LogP contribution in [0.5, 0.6) is 0 Å². The van der Waals surface area contributed by atoms with Crippen molar-refractivity contribution in [1.82, 2.24) is 9.62 Å². The van der Waals surface area contributed by atoms with Crippen LogP contribution in [0.2, 0.25) is 0 Å². The van der Waals surface area contributed by atoms with Crippen molar-refractivity contribution in [2.45, 2.75) is 30.6 Å². The molecule has 1 aliphatic carbocycles. The molecule has 1 heterocycles. The molecule has 31 heavy (non-hydrogen) atoms. The number of rotatable bonds is 7. The van der Waals surface area contributed by atoms with E-state index in [0.717, 1.165) is 12.8 Å². The first kappa shape index (κ1) is 21.5. The zero-order chi connectivity index (χ0) is 21.8. The molecule has 8 heteroatoms. The molecule has 2 N–H and O–H groups in total. The third-order valence-corrected chi connectivity index (χ3v) is 7.78. The van der Waals surface area contributed by atoms with E-state index in [1.54, 1.807) is 54.6 Å². The normalized spacial score (nSPS) is 17.8. The molecule has 1 saturated heterocycles. The van der Waals surface area contributed by atoms with Gasteiger partial charge in [0, 0.05) is 36.8 Å². The molecule has 0 aromatic heterocycles. The fourth-order valence-corrected chi connectivity index (χ4v) is 5.22. The first-order chi connectivity index (χ1) is 14.9. The van der Waals surface area contributed by atoms with Crippen molar-refractivity contribution >= 4 is 27.5 Å². The zero-order valence-corrected chi connectivity index (χ0v) is 18.1. The maximum absolute atomic E-state index is 12.7. The molecule has 1 saturated carbocycles. The smallest absolute Gasteiger partial charge is 0.251 e. The summed E-state index contributed by atoms with van der Waals surface area (Å²) in [5, 5.41) is 5.81. The third-order valence-electron chi connectivity index (χ3n) is 5.87. The molecule has 0 radical (unpaired) electrons. The van der Waals surface area contributed by atoms with E-state index in [9.17, 15) is 18.0 Å². The molecule has 7 nitrogen and oxygen atoms in total. The molecular weight excluding hydrogens is 414 g/mol. The number of sulfonamides is 1. The van der Waals surface area contributed by atoms with Crippen molar-refractivity contribution in [2.75, 3.05) is 25.0 Å². The van der Waals surface area contributed by atoms with Crippen LogP contribution in [0.25, 0.3) is 0 Å². The fourth-order valence-electron chi connectivity index (χ4n) is 3.73. The van der Waals surface area contributed by atoms with Gasteiger partial charge in [0.05, 0.1) is 4.90 Å². The third kappa shape index (κ3) is 5.32. The second-order valence-corrected chi connectivity index (χ2v) is 10.1. The summed E-state index contributed by atoms with van der Waals surface area (Å²) in [6, 6.07) is 15.4. The van der Waals surface area contributed by atoms with Crippen LogP contribution in [0.3, 0.4) is 0 Å². The Hall–Kier alpha value is -2.71. The Labute approximate surface area is 182 Å². The van der Waals surface area contributed by atoms with Gasteiger partial charge >= 0.3 is 0 Å². The molecule has 2 amide bonds. The summed E-state index contributed by atoms with van der Waals surface area (Å²) in [5.41, 5.74) is 1.23. The highest BCUT2D eigenvalue weighted by atomic mass is 32.2. The fraction of sp³-hybridized carbons (Fsp3) is 0.391. The molecule has 0 bridgehead atoms. The number of amides is 2. The number of hydrogen-bond donors (Lipinski definition) is 2. The quantitative estimate of drug-likeness (QED) is 0.691. The van der Waals surface area contributed by atoms with E-state index in [2.05, 4.69) is 10.6 Å². The van der Waals surface area contributed by atoms with Gasteiger partial charge in [-0.3, -0.25) is 9.59 Å². The van der Waals surface area contributed by atoms with Crippen molar-refractivity contribution in [1.29, 1.82) is 0 Å². The monoisotopic (exact) mass is 441 g/mol. The largest absolute Gasteiger partial charge is 0.352 e. The number of nitrogens with zero attached hydrogens (tertiary/aromatic N) is 1. The van der Waals surface area contributed by atoms with Crippen molar-refractivity contribution in [3.63, 3.8) is 0 Å². The summed E-state index contributed by atoms with van der Waals surface area (Å²) in [6.45, 7) is 1.42. The van der Waals surface area contributed by atoms with Crippen LogP contribution in [0.15, 0.2) is 59.5 Å². The van der Waals surface area contributed by atoms with Gasteiger partial charge in [0.25, 0.3) is 5.91 Å². The predicted octanol–water partition coefficient (Wildman–Crippen LogP) is 2.87. The number of hydrogen-bond acceptors (Lipinski definition) is 4. The number of anilines is 1. The first-order valence-electron chi connectivity index (χ1n) is 10.7. The van der Waals surface area contributed by atoms with Gasteiger partial charge in [-0.1, -0.05) is 18.2 Å². The van der Waals surface area contributed by atoms with Crippen molar-refractivity contribution < 1.29 is 18.0 Å². The minimum absolute atomic E-state index is 0.0397. The lowest BCUT2D eigenvalue weighted by atomic mass is 9.98. The van der Waals surface area contributed by atoms with E-state index in [1.165, 1.54) is 4.31 Å². The van der Waals surface area contributed by atoms with Gasteiger partial charge in [-0.15, -0.1) is 0 Å². The molecule has 2 aromatic carbocycles. The molecule has 4 rings (SSSR count). The summed E-state index contributed by atoms with van der Waals surface area (Å²) >= 11 is 0. The minimum Gasteiger partial charge on any atom is -0.352 e. The van der Waals surface area contributed by atoms with E-state index in [-0.39, 0.29) is 23.7 Å². The van der Waals surface area contributed by atoms with Gasteiger partial charge in [-0.2, -0.15) is 4.31 Å². The summed E-state index contributed by atoms with van der Waals surface area (Å²) < 4.78 is 26.9. The van der Waals surface area contributed by atoms with Crippen LogP contribution in [-0.2, 0) is 14.8 Å². The Balaban J connectivity index is 1.24.